The molecule has 2 rings (SSSR count). The molecule has 1 atom stereocenters. The van der Waals surface area contributed by atoms with Crippen molar-refractivity contribution in [2.24, 2.45) is 11.8 Å². The molecule has 4 heteroatoms. The second-order valence-corrected chi connectivity index (χ2v) is 4.82. The van der Waals surface area contributed by atoms with Crippen molar-refractivity contribution >= 4 is 17.4 Å². The van der Waals surface area contributed by atoms with Crippen LogP contribution in [0.4, 0.5) is 5.82 Å². The fourth-order valence-corrected chi connectivity index (χ4v) is 2.18. The van der Waals surface area contributed by atoms with Crippen LogP contribution in [0.1, 0.15) is 20.3 Å². The van der Waals surface area contributed by atoms with Gasteiger partial charge in [-0.3, -0.25) is 0 Å². The topological polar surface area (TPSA) is 29.0 Å². The monoisotopic (exact) mass is 225 g/mol. The van der Waals surface area contributed by atoms with Gasteiger partial charge in [0.25, 0.3) is 0 Å². The van der Waals surface area contributed by atoms with Crippen LogP contribution in [0.25, 0.3) is 0 Å². The molecule has 0 amide bonds. The molecular formula is C11H16ClN3. The molecule has 0 N–H and O–H groups in total. The average molecular weight is 226 g/mol. The highest BCUT2D eigenvalue weighted by Gasteiger charge is 2.25. The summed E-state index contributed by atoms with van der Waals surface area (Å²) in [5.41, 5.74) is 0. The van der Waals surface area contributed by atoms with Gasteiger partial charge in [0, 0.05) is 19.2 Å². The number of nitrogens with zero attached hydrogens (tertiary/aromatic N) is 3. The number of anilines is 1. The van der Waals surface area contributed by atoms with Gasteiger partial charge in [-0.1, -0.05) is 25.4 Å². The molecule has 82 valence electrons. The second kappa shape index (κ2) is 4.35. The molecule has 1 aromatic rings. The Hall–Kier alpha value is -0.830. The fraction of sp³-hybridized carbons (Fsp3) is 0.636. The first-order chi connectivity index (χ1) is 7.16. The average Bonchev–Trinajstić information content (AvgIpc) is 2.66. The maximum Gasteiger partial charge on any atom is 0.134 e. The first-order valence-electron chi connectivity index (χ1n) is 5.39. The molecule has 0 spiro atoms. The summed E-state index contributed by atoms with van der Waals surface area (Å²) in [6.07, 6.45) is 2.78. The van der Waals surface area contributed by atoms with Crippen LogP contribution in [0.15, 0.2) is 12.4 Å². The van der Waals surface area contributed by atoms with Crippen molar-refractivity contribution in [3.05, 3.63) is 17.5 Å². The molecule has 0 bridgehead atoms. The second-order valence-electron chi connectivity index (χ2n) is 4.44. The SMILES string of the molecule is CC(C)[C@H]1CCN(c2cc(Cl)ncn2)C1. The van der Waals surface area contributed by atoms with Gasteiger partial charge in [0.2, 0.25) is 0 Å². The lowest BCUT2D eigenvalue weighted by Gasteiger charge is -2.18. The summed E-state index contributed by atoms with van der Waals surface area (Å²) in [6.45, 7) is 6.73. The van der Waals surface area contributed by atoms with E-state index in [1.54, 1.807) is 0 Å². The van der Waals surface area contributed by atoms with Gasteiger partial charge in [-0.15, -0.1) is 0 Å². The largest absolute Gasteiger partial charge is 0.356 e. The summed E-state index contributed by atoms with van der Waals surface area (Å²) < 4.78 is 0. The Morgan fingerprint density at radius 3 is 2.87 bits per heavy atom. The standard InChI is InChI=1S/C11H16ClN3/c1-8(2)9-3-4-15(6-9)11-5-10(12)13-7-14-11/h5,7-9H,3-4,6H2,1-2H3/t9-/m0/s1. The zero-order valence-electron chi connectivity index (χ0n) is 9.15. The zero-order chi connectivity index (χ0) is 10.8. The molecule has 0 radical (unpaired) electrons. The molecule has 1 fully saturated rings. The van der Waals surface area contributed by atoms with Crippen LogP contribution in [0.5, 0.6) is 0 Å². The number of hydrogen-bond donors (Lipinski definition) is 0. The van der Waals surface area contributed by atoms with E-state index in [1.165, 1.54) is 12.7 Å². The summed E-state index contributed by atoms with van der Waals surface area (Å²) >= 11 is 5.84. The Morgan fingerprint density at radius 1 is 1.47 bits per heavy atom. The van der Waals surface area contributed by atoms with E-state index in [2.05, 4.69) is 28.7 Å². The minimum absolute atomic E-state index is 0.521. The minimum Gasteiger partial charge on any atom is -0.356 e. The van der Waals surface area contributed by atoms with E-state index < -0.39 is 0 Å². The van der Waals surface area contributed by atoms with E-state index in [0.29, 0.717) is 5.15 Å². The lowest BCUT2D eigenvalue weighted by Crippen LogP contribution is -2.22. The van der Waals surface area contributed by atoms with Crippen molar-refractivity contribution in [1.29, 1.82) is 0 Å². The van der Waals surface area contributed by atoms with Gasteiger partial charge in [0.15, 0.2) is 0 Å². The van der Waals surface area contributed by atoms with Crippen LogP contribution in [-0.4, -0.2) is 23.1 Å². The normalized spacial score (nSPS) is 21.3. The Bertz CT molecular complexity index is 340. The van der Waals surface area contributed by atoms with Crippen LogP contribution in [0.3, 0.4) is 0 Å². The first kappa shape index (κ1) is 10.7. The van der Waals surface area contributed by atoms with Gasteiger partial charge in [-0.2, -0.15) is 0 Å². The molecule has 1 saturated heterocycles. The summed E-state index contributed by atoms with van der Waals surface area (Å²) in [6, 6.07) is 1.84. The molecule has 2 heterocycles. The Kier molecular flexibility index (Phi) is 3.10. The van der Waals surface area contributed by atoms with Crippen molar-refractivity contribution in [2.45, 2.75) is 20.3 Å². The van der Waals surface area contributed by atoms with Crippen molar-refractivity contribution in [2.75, 3.05) is 18.0 Å². The highest BCUT2D eigenvalue weighted by atomic mass is 35.5. The molecule has 0 unspecified atom stereocenters. The number of aromatic nitrogens is 2. The van der Waals surface area contributed by atoms with Gasteiger partial charge >= 0.3 is 0 Å². The van der Waals surface area contributed by atoms with E-state index in [4.69, 9.17) is 11.6 Å². The number of rotatable bonds is 2. The molecule has 0 saturated carbocycles. The molecule has 3 nitrogen and oxygen atoms in total. The van der Waals surface area contributed by atoms with Crippen LogP contribution in [-0.2, 0) is 0 Å². The number of hydrogen-bond acceptors (Lipinski definition) is 3. The summed E-state index contributed by atoms with van der Waals surface area (Å²) in [5, 5.41) is 0.521. The van der Waals surface area contributed by atoms with E-state index in [9.17, 15) is 0 Å². The maximum absolute atomic E-state index is 5.84. The lowest BCUT2D eigenvalue weighted by molar-refractivity contribution is 0.422. The highest BCUT2D eigenvalue weighted by molar-refractivity contribution is 6.29. The summed E-state index contributed by atoms with van der Waals surface area (Å²) in [7, 11) is 0. The first-order valence-corrected chi connectivity index (χ1v) is 5.77. The summed E-state index contributed by atoms with van der Waals surface area (Å²) in [5.74, 6) is 2.48. The third-order valence-corrected chi connectivity index (χ3v) is 3.32. The van der Waals surface area contributed by atoms with E-state index in [1.807, 2.05) is 6.07 Å². The molecule has 1 aromatic heterocycles. The van der Waals surface area contributed by atoms with Crippen molar-refractivity contribution in [1.82, 2.24) is 9.97 Å². The molecule has 15 heavy (non-hydrogen) atoms. The Labute approximate surface area is 95.5 Å². The fourth-order valence-electron chi connectivity index (χ4n) is 2.04. The van der Waals surface area contributed by atoms with Gasteiger partial charge in [-0.05, 0) is 18.3 Å². The Balaban J connectivity index is 2.08. The molecule has 0 aliphatic carbocycles. The Morgan fingerprint density at radius 2 is 2.27 bits per heavy atom. The maximum atomic E-state index is 5.84. The van der Waals surface area contributed by atoms with Crippen LogP contribution in [0.2, 0.25) is 5.15 Å². The van der Waals surface area contributed by atoms with Gasteiger partial charge in [0.05, 0.1) is 0 Å². The number of halogens is 1. The van der Waals surface area contributed by atoms with E-state index in [-0.39, 0.29) is 0 Å². The van der Waals surface area contributed by atoms with Crippen molar-refractivity contribution in [3.63, 3.8) is 0 Å². The third-order valence-electron chi connectivity index (χ3n) is 3.11. The van der Waals surface area contributed by atoms with Gasteiger partial charge in [-0.25, -0.2) is 9.97 Å². The van der Waals surface area contributed by atoms with Crippen molar-refractivity contribution in [3.8, 4) is 0 Å². The lowest BCUT2D eigenvalue weighted by atomic mass is 9.95. The molecule has 1 aliphatic rings. The quantitative estimate of drug-likeness (QED) is 0.725. The summed E-state index contributed by atoms with van der Waals surface area (Å²) in [4.78, 5) is 10.4. The van der Waals surface area contributed by atoms with Crippen LogP contribution in [0, 0.1) is 11.8 Å². The highest BCUT2D eigenvalue weighted by Crippen LogP contribution is 2.27. The molecule has 1 aliphatic heterocycles. The van der Waals surface area contributed by atoms with Crippen molar-refractivity contribution < 1.29 is 0 Å². The van der Waals surface area contributed by atoms with E-state index in [0.717, 1.165) is 30.7 Å². The van der Waals surface area contributed by atoms with Gasteiger partial charge < -0.3 is 4.90 Å². The smallest absolute Gasteiger partial charge is 0.134 e. The predicted octanol–water partition coefficient (Wildman–Crippen LogP) is 2.61. The molecular weight excluding hydrogens is 210 g/mol. The van der Waals surface area contributed by atoms with Crippen LogP contribution >= 0.6 is 11.6 Å². The zero-order valence-corrected chi connectivity index (χ0v) is 9.91. The molecule has 0 aromatic carbocycles. The van der Waals surface area contributed by atoms with Crippen LogP contribution < -0.4 is 4.90 Å². The predicted molar refractivity (Wildman–Crippen MR) is 62.2 cm³/mol. The third kappa shape index (κ3) is 2.40. The van der Waals surface area contributed by atoms with Gasteiger partial charge in [0.1, 0.15) is 17.3 Å². The van der Waals surface area contributed by atoms with E-state index >= 15 is 0 Å². The minimum atomic E-state index is 0.521.